The average Bonchev–Trinajstić information content (AvgIpc) is 2.51. The summed E-state index contributed by atoms with van der Waals surface area (Å²) in [5, 5.41) is 5.40. The molecule has 0 heterocycles. The Morgan fingerprint density at radius 2 is 1.46 bits per heavy atom. The van der Waals surface area contributed by atoms with Gasteiger partial charge in [0.05, 0.1) is 17.8 Å². The zero-order chi connectivity index (χ0) is 19.2. The lowest BCUT2D eigenvalue weighted by Gasteiger charge is -2.28. The van der Waals surface area contributed by atoms with Gasteiger partial charge >= 0.3 is 0 Å². The van der Waals surface area contributed by atoms with Gasteiger partial charge in [-0.15, -0.1) is 0 Å². The van der Waals surface area contributed by atoms with Gasteiger partial charge in [-0.05, 0) is 40.5 Å². The Kier molecular flexibility index (Phi) is 13.8. The van der Waals surface area contributed by atoms with E-state index in [1.165, 1.54) is 6.92 Å². The molecule has 0 saturated carbocycles. The van der Waals surface area contributed by atoms with E-state index < -0.39 is 0 Å². The molecule has 0 aliphatic heterocycles. The van der Waals surface area contributed by atoms with Crippen LogP contribution in [0.25, 0.3) is 0 Å². The number of amides is 2. The molecule has 2 amide bonds. The van der Waals surface area contributed by atoms with E-state index in [0.29, 0.717) is 32.5 Å². The van der Waals surface area contributed by atoms with Crippen LogP contribution in [0.4, 0.5) is 0 Å². The van der Waals surface area contributed by atoms with Crippen LogP contribution in [0.3, 0.4) is 0 Å². The van der Waals surface area contributed by atoms with E-state index in [2.05, 4.69) is 10.6 Å². The fourth-order valence-electron chi connectivity index (χ4n) is 1.69. The lowest BCUT2D eigenvalue weighted by molar-refractivity contribution is -0.123. The SMILES string of the molecule is CC.COC(C)(C)CCOC(C)(C)CCC(=O)NCCNC(C)=O. The number of carbonyl (C=O) groups excluding carboxylic acids is 2. The van der Waals surface area contributed by atoms with Crippen LogP contribution in [0.1, 0.15) is 67.7 Å². The quantitative estimate of drug-likeness (QED) is 0.564. The van der Waals surface area contributed by atoms with E-state index in [1.807, 2.05) is 41.5 Å². The van der Waals surface area contributed by atoms with Gasteiger partial charge in [0.2, 0.25) is 11.8 Å². The van der Waals surface area contributed by atoms with Gasteiger partial charge in [-0.25, -0.2) is 0 Å². The van der Waals surface area contributed by atoms with Gasteiger partial charge in [-0.2, -0.15) is 0 Å². The molecule has 0 aromatic carbocycles. The number of nitrogens with one attached hydrogen (secondary N) is 2. The molecular formula is C18H38N2O4. The minimum Gasteiger partial charge on any atom is -0.379 e. The Bertz CT molecular complexity index is 355. The van der Waals surface area contributed by atoms with E-state index in [-0.39, 0.29) is 23.0 Å². The zero-order valence-electron chi connectivity index (χ0n) is 16.9. The summed E-state index contributed by atoms with van der Waals surface area (Å²) in [5.74, 6) is -0.123. The van der Waals surface area contributed by atoms with Crippen molar-refractivity contribution in [1.82, 2.24) is 10.6 Å². The maximum Gasteiger partial charge on any atom is 0.220 e. The largest absolute Gasteiger partial charge is 0.379 e. The second kappa shape index (κ2) is 13.2. The molecule has 0 aromatic heterocycles. The van der Waals surface area contributed by atoms with Crippen molar-refractivity contribution in [1.29, 1.82) is 0 Å². The Balaban J connectivity index is 0. The summed E-state index contributed by atoms with van der Waals surface area (Å²) >= 11 is 0. The summed E-state index contributed by atoms with van der Waals surface area (Å²) in [4.78, 5) is 22.4. The first-order valence-corrected chi connectivity index (χ1v) is 8.78. The van der Waals surface area contributed by atoms with Crippen LogP contribution in [-0.4, -0.2) is 49.8 Å². The van der Waals surface area contributed by atoms with Crippen molar-refractivity contribution in [2.45, 2.75) is 78.9 Å². The average molecular weight is 347 g/mol. The molecule has 0 atom stereocenters. The molecule has 0 fully saturated rings. The standard InChI is InChI=1S/C16H32N2O4.C2H6/c1-13(19)17-10-11-18-14(20)7-8-16(4,5)22-12-9-15(2,3)21-6;1-2/h7-12H2,1-6H3,(H,17,19)(H,18,20);1-2H3. The molecule has 6 nitrogen and oxygen atoms in total. The Hall–Kier alpha value is -1.14. The molecule has 0 aliphatic rings. The van der Waals surface area contributed by atoms with E-state index in [0.717, 1.165) is 6.42 Å². The Morgan fingerprint density at radius 3 is 1.96 bits per heavy atom. The molecule has 6 heteroatoms. The van der Waals surface area contributed by atoms with Crippen LogP contribution in [0.15, 0.2) is 0 Å². The molecule has 0 unspecified atom stereocenters. The maximum absolute atomic E-state index is 11.7. The van der Waals surface area contributed by atoms with Gasteiger partial charge in [0, 0.05) is 33.5 Å². The fraction of sp³-hybridized carbons (Fsp3) is 0.889. The highest BCUT2D eigenvalue weighted by Crippen LogP contribution is 2.20. The number of methoxy groups -OCH3 is 1. The van der Waals surface area contributed by atoms with Crippen LogP contribution in [0.2, 0.25) is 0 Å². The first-order valence-electron chi connectivity index (χ1n) is 8.78. The molecular weight excluding hydrogens is 308 g/mol. The molecule has 0 spiro atoms. The Morgan fingerprint density at radius 1 is 0.917 bits per heavy atom. The van der Waals surface area contributed by atoms with Gasteiger partial charge in [0.25, 0.3) is 0 Å². The molecule has 0 aromatic rings. The van der Waals surface area contributed by atoms with Crippen LogP contribution >= 0.6 is 0 Å². The van der Waals surface area contributed by atoms with Gasteiger partial charge in [-0.3, -0.25) is 9.59 Å². The van der Waals surface area contributed by atoms with Crippen LogP contribution in [0, 0.1) is 0 Å². The number of hydrogen-bond donors (Lipinski definition) is 2. The third kappa shape index (κ3) is 15.7. The predicted molar refractivity (Wildman–Crippen MR) is 98.0 cm³/mol. The lowest BCUT2D eigenvalue weighted by atomic mass is 10.0. The van der Waals surface area contributed by atoms with Gasteiger partial charge in [0.15, 0.2) is 0 Å². The van der Waals surface area contributed by atoms with E-state index in [4.69, 9.17) is 9.47 Å². The van der Waals surface area contributed by atoms with Gasteiger partial charge in [-0.1, -0.05) is 13.8 Å². The summed E-state index contributed by atoms with van der Waals surface area (Å²) in [7, 11) is 1.69. The summed E-state index contributed by atoms with van der Waals surface area (Å²) in [5.41, 5.74) is -0.546. The summed E-state index contributed by atoms with van der Waals surface area (Å²) in [6.45, 7) is 15.0. The number of ether oxygens (including phenoxy) is 2. The first-order chi connectivity index (χ1) is 11.1. The Labute approximate surface area is 148 Å². The third-order valence-electron chi connectivity index (χ3n) is 3.52. The zero-order valence-corrected chi connectivity index (χ0v) is 16.9. The van der Waals surface area contributed by atoms with Gasteiger partial charge in [0.1, 0.15) is 0 Å². The van der Waals surface area contributed by atoms with Crippen LogP contribution in [-0.2, 0) is 19.1 Å². The first kappa shape index (κ1) is 25.1. The summed E-state index contributed by atoms with van der Waals surface area (Å²) in [6, 6.07) is 0. The second-order valence-corrected chi connectivity index (χ2v) is 6.65. The van der Waals surface area contributed by atoms with Crippen molar-refractivity contribution in [3.05, 3.63) is 0 Å². The molecule has 0 rings (SSSR count). The van der Waals surface area contributed by atoms with Crippen molar-refractivity contribution in [3.63, 3.8) is 0 Å². The fourth-order valence-corrected chi connectivity index (χ4v) is 1.69. The minimum absolute atomic E-state index is 0.0285. The molecule has 2 N–H and O–H groups in total. The van der Waals surface area contributed by atoms with Crippen molar-refractivity contribution in [2.24, 2.45) is 0 Å². The number of hydrogen-bond acceptors (Lipinski definition) is 4. The normalized spacial score (nSPS) is 11.3. The molecule has 0 radical (unpaired) electrons. The van der Waals surface area contributed by atoms with Crippen molar-refractivity contribution >= 4 is 11.8 Å². The molecule has 0 aliphatic carbocycles. The molecule has 24 heavy (non-hydrogen) atoms. The van der Waals surface area contributed by atoms with Crippen LogP contribution < -0.4 is 10.6 Å². The van der Waals surface area contributed by atoms with Crippen LogP contribution in [0.5, 0.6) is 0 Å². The van der Waals surface area contributed by atoms with E-state index >= 15 is 0 Å². The van der Waals surface area contributed by atoms with Crippen molar-refractivity contribution in [3.8, 4) is 0 Å². The molecule has 0 saturated heterocycles. The van der Waals surface area contributed by atoms with Crippen molar-refractivity contribution < 1.29 is 19.1 Å². The monoisotopic (exact) mass is 346 g/mol. The highest BCUT2D eigenvalue weighted by molar-refractivity contribution is 5.76. The smallest absolute Gasteiger partial charge is 0.220 e. The van der Waals surface area contributed by atoms with E-state index in [9.17, 15) is 9.59 Å². The summed E-state index contributed by atoms with van der Waals surface area (Å²) in [6.07, 6.45) is 1.85. The van der Waals surface area contributed by atoms with E-state index in [1.54, 1.807) is 7.11 Å². The number of rotatable bonds is 11. The molecule has 144 valence electrons. The maximum atomic E-state index is 11.7. The third-order valence-corrected chi connectivity index (χ3v) is 3.52. The summed E-state index contributed by atoms with van der Waals surface area (Å²) < 4.78 is 11.2. The topological polar surface area (TPSA) is 76.7 Å². The van der Waals surface area contributed by atoms with Gasteiger partial charge < -0.3 is 20.1 Å². The highest BCUT2D eigenvalue weighted by atomic mass is 16.5. The lowest BCUT2D eigenvalue weighted by Crippen LogP contribution is -2.35. The minimum atomic E-state index is -0.348. The van der Waals surface area contributed by atoms with Crippen molar-refractivity contribution in [2.75, 3.05) is 26.8 Å². The predicted octanol–water partition coefficient (Wildman–Crippen LogP) is 2.66. The molecule has 0 bridgehead atoms. The number of carbonyl (C=O) groups is 2. The highest BCUT2D eigenvalue weighted by Gasteiger charge is 2.22. The second-order valence-electron chi connectivity index (χ2n) is 6.65.